The average molecular weight is 446 g/mol. The molecule has 30 heavy (non-hydrogen) atoms. The van der Waals surface area contributed by atoms with Crippen LogP contribution in [0.25, 0.3) is 5.69 Å². The molecule has 0 spiro atoms. The molecule has 3 rings (SSSR count). The molecule has 2 amide bonds. The van der Waals surface area contributed by atoms with Crippen LogP contribution >= 0.6 is 23.2 Å². The topological polar surface area (TPSA) is 97.5 Å². The normalized spacial score (nSPS) is 10.9. The van der Waals surface area contributed by atoms with Crippen LogP contribution < -0.4 is 16.3 Å². The number of rotatable bonds is 4. The Morgan fingerprint density at radius 3 is 2.43 bits per heavy atom. The highest BCUT2D eigenvalue weighted by atomic mass is 35.5. The number of para-hydroxylation sites is 1. The zero-order valence-electron chi connectivity index (χ0n) is 16.0. The molecule has 10 heteroatoms. The van der Waals surface area contributed by atoms with Crippen molar-refractivity contribution in [3.05, 3.63) is 80.2 Å². The van der Waals surface area contributed by atoms with Gasteiger partial charge in [-0.1, -0.05) is 47.5 Å². The first-order chi connectivity index (χ1) is 14.3. The second kappa shape index (κ2) is 8.98. The smallest absolute Gasteiger partial charge is 0.311 e. The number of carbonyl (C=O) groups excluding carboxylic acids is 2. The van der Waals surface area contributed by atoms with Gasteiger partial charge in [-0.05, 0) is 31.2 Å². The van der Waals surface area contributed by atoms with Crippen molar-refractivity contribution < 1.29 is 9.59 Å². The van der Waals surface area contributed by atoms with Gasteiger partial charge in [0.25, 0.3) is 5.56 Å². The number of nitrogens with zero attached hydrogens (tertiary/aromatic N) is 3. The van der Waals surface area contributed by atoms with Crippen molar-refractivity contribution in [2.75, 3.05) is 5.32 Å². The van der Waals surface area contributed by atoms with Crippen molar-refractivity contribution in [3.63, 3.8) is 0 Å². The number of anilines is 1. The minimum Gasteiger partial charge on any atom is -0.311 e. The van der Waals surface area contributed by atoms with Gasteiger partial charge in [0.1, 0.15) is 5.69 Å². The molecular weight excluding hydrogens is 429 g/mol. The summed E-state index contributed by atoms with van der Waals surface area (Å²) in [6.07, 6.45) is 1.28. The van der Waals surface area contributed by atoms with Crippen LogP contribution in [-0.4, -0.2) is 27.4 Å². The number of halogens is 2. The lowest BCUT2D eigenvalue weighted by molar-refractivity contribution is -0.136. The van der Waals surface area contributed by atoms with E-state index in [0.717, 1.165) is 0 Å². The van der Waals surface area contributed by atoms with Gasteiger partial charge in [-0.3, -0.25) is 19.1 Å². The Labute approximate surface area is 181 Å². The maximum Gasteiger partial charge on any atom is 0.329 e. The Bertz CT molecular complexity index is 1200. The highest BCUT2D eigenvalue weighted by Crippen LogP contribution is 2.19. The van der Waals surface area contributed by atoms with E-state index < -0.39 is 17.4 Å². The van der Waals surface area contributed by atoms with Gasteiger partial charge in [0.15, 0.2) is 0 Å². The summed E-state index contributed by atoms with van der Waals surface area (Å²) in [6, 6.07) is 13.7. The van der Waals surface area contributed by atoms with Crippen LogP contribution in [0.2, 0.25) is 10.0 Å². The van der Waals surface area contributed by atoms with Gasteiger partial charge in [-0.15, -0.1) is 0 Å². The molecule has 0 radical (unpaired) electrons. The number of hydrazone groups is 1. The predicted octanol–water partition coefficient (Wildman–Crippen LogP) is 2.88. The van der Waals surface area contributed by atoms with E-state index in [9.17, 15) is 14.4 Å². The monoisotopic (exact) mass is 445 g/mol. The first kappa shape index (κ1) is 21.4. The molecule has 0 aliphatic carbocycles. The van der Waals surface area contributed by atoms with Gasteiger partial charge < -0.3 is 5.32 Å². The van der Waals surface area contributed by atoms with Crippen LogP contribution in [0, 0.1) is 6.92 Å². The van der Waals surface area contributed by atoms with E-state index in [-0.39, 0.29) is 5.69 Å². The molecule has 154 valence electrons. The van der Waals surface area contributed by atoms with Crippen LogP contribution in [0.3, 0.4) is 0 Å². The summed E-state index contributed by atoms with van der Waals surface area (Å²) in [5.74, 6) is -2.06. The van der Waals surface area contributed by atoms with Gasteiger partial charge in [-0.25, -0.2) is 10.1 Å². The highest BCUT2D eigenvalue weighted by Gasteiger charge is 2.21. The van der Waals surface area contributed by atoms with Crippen molar-refractivity contribution in [2.45, 2.75) is 6.92 Å². The van der Waals surface area contributed by atoms with Crippen LogP contribution in [0.1, 0.15) is 11.3 Å². The third kappa shape index (κ3) is 4.45. The number of nitrogens with one attached hydrogen (secondary N) is 2. The molecule has 1 aromatic heterocycles. The van der Waals surface area contributed by atoms with Crippen LogP contribution in [0.5, 0.6) is 0 Å². The van der Waals surface area contributed by atoms with Crippen molar-refractivity contribution in [3.8, 4) is 5.69 Å². The Morgan fingerprint density at radius 1 is 1.07 bits per heavy atom. The van der Waals surface area contributed by atoms with Crippen molar-refractivity contribution in [1.29, 1.82) is 0 Å². The van der Waals surface area contributed by atoms with Crippen LogP contribution in [0.15, 0.2) is 58.4 Å². The van der Waals surface area contributed by atoms with E-state index in [4.69, 9.17) is 23.2 Å². The minimum absolute atomic E-state index is 0.00577. The van der Waals surface area contributed by atoms with Gasteiger partial charge >= 0.3 is 11.8 Å². The third-order valence-electron chi connectivity index (χ3n) is 4.33. The summed E-state index contributed by atoms with van der Waals surface area (Å²) in [7, 11) is 1.68. The fourth-order valence-electron chi connectivity index (χ4n) is 2.70. The summed E-state index contributed by atoms with van der Waals surface area (Å²) in [5, 5.41) is 6.86. The molecule has 0 aliphatic rings. The maximum absolute atomic E-state index is 12.8. The van der Waals surface area contributed by atoms with Gasteiger partial charge in [0, 0.05) is 17.6 Å². The zero-order valence-corrected chi connectivity index (χ0v) is 17.5. The summed E-state index contributed by atoms with van der Waals surface area (Å²) in [4.78, 5) is 37.1. The molecule has 0 aliphatic heterocycles. The van der Waals surface area contributed by atoms with Crippen molar-refractivity contribution in [2.24, 2.45) is 12.1 Å². The summed E-state index contributed by atoms with van der Waals surface area (Å²) < 4.78 is 2.98. The van der Waals surface area contributed by atoms with Gasteiger partial charge in [0.2, 0.25) is 0 Å². The molecule has 1 heterocycles. The number of hydrogen-bond acceptors (Lipinski definition) is 4. The lowest BCUT2D eigenvalue weighted by Crippen LogP contribution is -2.34. The Morgan fingerprint density at radius 2 is 1.77 bits per heavy atom. The molecule has 3 aromatic rings. The lowest BCUT2D eigenvalue weighted by Gasteiger charge is -2.07. The molecule has 2 N–H and O–H groups in total. The second-order valence-electron chi connectivity index (χ2n) is 6.26. The Balaban J connectivity index is 1.74. The van der Waals surface area contributed by atoms with Gasteiger partial charge in [-0.2, -0.15) is 5.10 Å². The molecule has 0 fully saturated rings. The maximum atomic E-state index is 12.8. The number of aromatic nitrogens is 2. The SMILES string of the molecule is Cc1c(NC(=O)C(=O)N/N=C/c2ccc(Cl)cc2Cl)c(=O)n(-c2ccccc2)n1C. The molecule has 0 unspecified atom stereocenters. The van der Waals surface area contributed by atoms with Crippen molar-refractivity contribution >= 4 is 46.9 Å². The quantitative estimate of drug-likeness (QED) is 0.367. The van der Waals surface area contributed by atoms with Crippen LogP contribution in [0.4, 0.5) is 5.69 Å². The van der Waals surface area contributed by atoms with Crippen molar-refractivity contribution in [1.82, 2.24) is 14.8 Å². The molecule has 0 saturated heterocycles. The number of amides is 2. The molecular formula is C20H17Cl2N5O3. The molecule has 0 saturated carbocycles. The van der Waals surface area contributed by atoms with E-state index in [1.807, 2.05) is 6.07 Å². The summed E-state index contributed by atoms with van der Waals surface area (Å²) in [5.41, 5.74) is 3.26. The zero-order chi connectivity index (χ0) is 21.8. The standard InChI is InChI=1S/C20H17Cl2N5O3/c1-12-17(20(30)27(26(12)2)15-6-4-3-5-7-15)24-18(28)19(29)25-23-11-13-8-9-14(21)10-16(13)22/h3-11H,1-2H3,(H,24,28)(H,25,29)/b23-11+. The van der Waals surface area contributed by atoms with Crippen LogP contribution in [-0.2, 0) is 16.6 Å². The first-order valence-electron chi connectivity index (χ1n) is 8.73. The second-order valence-corrected chi connectivity index (χ2v) is 7.10. The van der Waals surface area contributed by atoms with E-state index in [1.54, 1.807) is 55.1 Å². The average Bonchev–Trinajstić information content (AvgIpc) is 2.93. The fourth-order valence-corrected chi connectivity index (χ4v) is 3.16. The minimum atomic E-state index is -1.04. The highest BCUT2D eigenvalue weighted by molar-refractivity contribution is 6.39. The molecule has 8 nitrogen and oxygen atoms in total. The number of carbonyl (C=O) groups is 2. The summed E-state index contributed by atoms with van der Waals surface area (Å²) >= 11 is 11.8. The Hall–Kier alpha value is -3.36. The van der Waals surface area contributed by atoms with E-state index in [0.29, 0.717) is 27.0 Å². The lowest BCUT2D eigenvalue weighted by atomic mass is 10.2. The predicted molar refractivity (Wildman–Crippen MR) is 117 cm³/mol. The van der Waals surface area contributed by atoms with E-state index in [2.05, 4.69) is 15.8 Å². The fraction of sp³-hybridized carbons (Fsp3) is 0.100. The molecule has 0 atom stereocenters. The Kier molecular flexibility index (Phi) is 6.39. The largest absolute Gasteiger partial charge is 0.329 e. The number of hydrogen-bond donors (Lipinski definition) is 2. The van der Waals surface area contributed by atoms with Gasteiger partial charge in [0.05, 0.1) is 22.6 Å². The van der Waals surface area contributed by atoms with E-state index >= 15 is 0 Å². The first-order valence-corrected chi connectivity index (χ1v) is 9.48. The molecule has 2 aromatic carbocycles. The third-order valence-corrected chi connectivity index (χ3v) is 4.89. The number of benzene rings is 2. The summed E-state index contributed by atoms with van der Waals surface area (Å²) in [6.45, 7) is 1.66. The van der Waals surface area contributed by atoms with E-state index in [1.165, 1.54) is 17.0 Å². The molecule has 0 bridgehead atoms.